The number of nitrogens with zero attached hydrogens (tertiary/aromatic N) is 5. The van der Waals surface area contributed by atoms with E-state index in [9.17, 15) is 9.59 Å². The first kappa shape index (κ1) is 16.4. The van der Waals surface area contributed by atoms with E-state index >= 15 is 0 Å². The Morgan fingerprint density at radius 3 is 2.88 bits per heavy atom. The molecule has 3 heterocycles. The van der Waals surface area contributed by atoms with Crippen LogP contribution in [0, 0.1) is 11.8 Å². The molecule has 0 spiro atoms. The van der Waals surface area contributed by atoms with Gasteiger partial charge >= 0.3 is 5.69 Å². The lowest BCUT2D eigenvalue weighted by atomic mass is 10.3. The third-order valence-corrected chi connectivity index (χ3v) is 3.68. The van der Waals surface area contributed by atoms with Crippen LogP contribution in [-0.2, 0) is 6.54 Å². The average molecular weight is 340 g/mol. The fraction of sp³-hybridized carbons (Fsp3) is 0.267. The zero-order valence-corrected chi connectivity index (χ0v) is 13.4. The number of H-pyrrole nitrogens is 1. The Morgan fingerprint density at radius 2 is 2.12 bits per heavy atom. The number of fused-ring (bicyclic) bond motifs is 1. The van der Waals surface area contributed by atoms with Crippen LogP contribution in [0.4, 0.5) is 5.82 Å². The number of anilines is 1. The quantitative estimate of drug-likeness (QED) is 0.525. The molecular weight excluding hydrogens is 324 g/mol. The van der Waals surface area contributed by atoms with Gasteiger partial charge in [-0.25, -0.2) is 19.7 Å². The number of aryl methyl sites for hydroxylation is 1. The molecule has 0 aliphatic heterocycles. The molecule has 10 heteroatoms. The molecule has 0 fully saturated rings. The zero-order chi connectivity index (χ0) is 18.0. The van der Waals surface area contributed by atoms with Crippen LogP contribution in [0.2, 0.25) is 0 Å². The van der Waals surface area contributed by atoms with Gasteiger partial charge < -0.3 is 16.0 Å². The van der Waals surface area contributed by atoms with Gasteiger partial charge in [0.15, 0.2) is 11.5 Å². The van der Waals surface area contributed by atoms with Crippen molar-refractivity contribution in [3.63, 3.8) is 0 Å². The largest absolute Gasteiger partial charge is 0.382 e. The van der Waals surface area contributed by atoms with E-state index in [1.54, 1.807) is 17.8 Å². The fourth-order valence-corrected chi connectivity index (χ4v) is 2.43. The summed E-state index contributed by atoms with van der Waals surface area (Å²) in [5, 5.41) is 0. The monoisotopic (exact) mass is 340 g/mol. The normalized spacial score (nSPS) is 11.9. The molecule has 0 radical (unpaired) electrons. The topological polar surface area (TPSA) is 150 Å². The second-order valence-corrected chi connectivity index (χ2v) is 5.31. The van der Waals surface area contributed by atoms with Gasteiger partial charge in [-0.1, -0.05) is 5.92 Å². The number of imidazole rings is 1. The van der Waals surface area contributed by atoms with E-state index < -0.39 is 17.4 Å². The summed E-state index contributed by atoms with van der Waals surface area (Å²) >= 11 is 0. The molecule has 0 bridgehead atoms. The first-order valence-corrected chi connectivity index (χ1v) is 7.46. The maximum atomic E-state index is 12.0. The highest BCUT2D eigenvalue weighted by molar-refractivity contribution is 5.81. The molecule has 3 aromatic rings. The van der Waals surface area contributed by atoms with Crippen molar-refractivity contribution in [3.05, 3.63) is 45.3 Å². The van der Waals surface area contributed by atoms with Gasteiger partial charge in [0.2, 0.25) is 0 Å². The standard InChI is InChI=1S/C15H16N8O2/c1-2-3-9-6-23(15(25)21-14(9)24)10(16)4-5-22-8-20-11-12(17)18-7-19-13(11)22/h6-8,10H,4-5,16H2,1H3,(H2,17,18,19)(H,21,24,25). The van der Waals surface area contributed by atoms with Gasteiger partial charge in [0.05, 0.1) is 12.5 Å². The van der Waals surface area contributed by atoms with E-state index in [0.717, 1.165) is 0 Å². The summed E-state index contributed by atoms with van der Waals surface area (Å²) in [7, 11) is 0. The van der Waals surface area contributed by atoms with Gasteiger partial charge in [-0.15, -0.1) is 5.92 Å². The van der Waals surface area contributed by atoms with Crippen LogP contribution in [0.1, 0.15) is 25.1 Å². The number of nitrogens with one attached hydrogen (secondary N) is 1. The number of nitrogens with two attached hydrogens (primary N) is 2. The van der Waals surface area contributed by atoms with E-state index in [2.05, 4.69) is 31.8 Å². The van der Waals surface area contributed by atoms with Crippen molar-refractivity contribution in [2.75, 3.05) is 5.73 Å². The van der Waals surface area contributed by atoms with Crippen molar-refractivity contribution >= 4 is 17.0 Å². The van der Waals surface area contributed by atoms with Crippen LogP contribution < -0.4 is 22.7 Å². The molecule has 0 amide bonds. The summed E-state index contributed by atoms with van der Waals surface area (Å²) in [5.41, 5.74) is 12.0. The molecule has 0 saturated carbocycles. The lowest BCUT2D eigenvalue weighted by Gasteiger charge is -2.15. The predicted molar refractivity (Wildman–Crippen MR) is 91.5 cm³/mol. The Labute approximate surface area is 141 Å². The molecule has 10 nitrogen and oxygen atoms in total. The fourth-order valence-electron chi connectivity index (χ4n) is 2.43. The first-order chi connectivity index (χ1) is 12.0. The minimum Gasteiger partial charge on any atom is -0.382 e. The van der Waals surface area contributed by atoms with Crippen LogP contribution in [0.15, 0.2) is 28.4 Å². The highest BCUT2D eigenvalue weighted by Gasteiger charge is 2.12. The lowest BCUT2D eigenvalue weighted by molar-refractivity contribution is 0.430. The number of hydrogen-bond donors (Lipinski definition) is 3. The van der Waals surface area contributed by atoms with Crippen molar-refractivity contribution in [1.82, 2.24) is 29.1 Å². The van der Waals surface area contributed by atoms with Crippen LogP contribution >= 0.6 is 0 Å². The number of nitrogen functional groups attached to an aromatic ring is 1. The minimum atomic E-state index is -0.654. The summed E-state index contributed by atoms with van der Waals surface area (Å²) < 4.78 is 3.03. The molecule has 0 aromatic carbocycles. The molecule has 128 valence electrons. The second-order valence-electron chi connectivity index (χ2n) is 5.31. The van der Waals surface area contributed by atoms with Crippen molar-refractivity contribution in [1.29, 1.82) is 0 Å². The second kappa shape index (κ2) is 6.58. The molecule has 0 aliphatic carbocycles. The SMILES string of the molecule is CC#Cc1cn(C(N)CCn2cnc3c(N)ncnc32)c(=O)[nH]c1=O. The van der Waals surface area contributed by atoms with Crippen LogP contribution in [0.25, 0.3) is 11.2 Å². The molecular formula is C15H16N8O2. The highest BCUT2D eigenvalue weighted by atomic mass is 16.2. The number of rotatable bonds is 4. The Balaban J connectivity index is 1.85. The van der Waals surface area contributed by atoms with Crippen LogP contribution in [0.5, 0.6) is 0 Å². The summed E-state index contributed by atoms with van der Waals surface area (Å²) in [6, 6.07) is 0. The first-order valence-electron chi connectivity index (χ1n) is 7.46. The molecule has 25 heavy (non-hydrogen) atoms. The van der Waals surface area contributed by atoms with Crippen molar-refractivity contribution in [3.8, 4) is 11.8 Å². The average Bonchev–Trinajstić information content (AvgIpc) is 3.00. The summed E-state index contributed by atoms with van der Waals surface area (Å²) in [6.45, 7) is 2.06. The van der Waals surface area contributed by atoms with Gasteiger partial charge in [-0.05, 0) is 13.3 Å². The minimum absolute atomic E-state index is 0.186. The molecule has 1 unspecified atom stereocenters. The molecule has 3 aromatic heterocycles. The Morgan fingerprint density at radius 1 is 1.32 bits per heavy atom. The molecule has 3 rings (SSSR count). The summed E-state index contributed by atoms with van der Waals surface area (Å²) in [6.07, 6.45) is 4.07. The third-order valence-electron chi connectivity index (χ3n) is 3.68. The number of hydrogen-bond acceptors (Lipinski definition) is 7. The van der Waals surface area contributed by atoms with Gasteiger partial charge in [-0.2, -0.15) is 0 Å². The van der Waals surface area contributed by atoms with Crippen LogP contribution in [-0.4, -0.2) is 29.1 Å². The highest BCUT2D eigenvalue weighted by Crippen LogP contribution is 2.15. The zero-order valence-electron chi connectivity index (χ0n) is 13.4. The predicted octanol–water partition coefficient (Wildman–Crippen LogP) is -0.823. The van der Waals surface area contributed by atoms with Crippen LogP contribution in [0.3, 0.4) is 0 Å². The number of aromatic nitrogens is 6. The van der Waals surface area contributed by atoms with Gasteiger partial charge in [0.25, 0.3) is 5.56 Å². The Hall–Kier alpha value is -3.45. The maximum absolute atomic E-state index is 12.0. The lowest BCUT2D eigenvalue weighted by Crippen LogP contribution is -2.37. The van der Waals surface area contributed by atoms with Crippen molar-refractivity contribution in [2.45, 2.75) is 26.1 Å². The molecule has 5 N–H and O–H groups in total. The van der Waals surface area contributed by atoms with Gasteiger partial charge in [0.1, 0.15) is 17.4 Å². The van der Waals surface area contributed by atoms with Crippen molar-refractivity contribution < 1.29 is 0 Å². The molecule has 1 atom stereocenters. The third kappa shape index (κ3) is 3.13. The smallest absolute Gasteiger partial charge is 0.329 e. The van der Waals surface area contributed by atoms with Crippen molar-refractivity contribution in [2.24, 2.45) is 5.73 Å². The Bertz CT molecular complexity index is 1100. The number of aromatic amines is 1. The van der Waals surface area contributed by atoms with E-state index in [1.807, 2.05) is 0 Å². The van der Waals surface area contributed by atoms with E-state index in [1.165, 1.54) is 17.1 Å². The Kier molecular flexibility index (Phi) is 4.32. The molecule has 0 saturated heterocycles. The maximum Gasteiger partial charge on any atom is 0.329 e. The van der Waals surface area contributed by atoms with Gasteiger partial charge in [0, 0.05) is 12.7 Å². The summed E-state index contributed by atoms with van der Waals surface area (Å²) in [5.74, 6) is 5.57. The van der Waals surface area contributed by atoms with Gasteiger partial charge in [-0.3, -0.25) is 14.3 Å². The summed E-state index contributed by atoms with van der Waals surface area (Å²) in [4.78, 5) is 38.1. The van der Waals surface area contributed by atoms with E-state index in [4.69, 9.17) is 11.5 Å². The molecule has 0 aliphatic rings. The van der Waals surface area contributed by atoms with E-state index in [-0.39, 0.29) is 5.56 Å². The van der Waals surface area contributed by atoms with E-state index in [0.29, 0.717) is 29.9 Å².